The minimum Gasteiger partial charge on any atom is -0.457 e. The molecule has 2 aromatic heterocycles. The van der Waals surface area contributed by atoms with Gasteiger partial charge in [-0.3, -0.25) is 10.3 Å². The molecule has 0 aliphatic heterocycles. The summed E-state index contributed by atoms with van der Waals surface area (Å²) in [7, 11) is 0. The highest BCUT2D eigenvalue weighted by Gasteiger charge is 2.26. The lowest BCUT2D eigenvalue weighted by Gasteiger charge is -2.22. The predicted molar refractivity (Wildman–Crippen MR) is 108 cm³/mol. The van der Waals surface area contributed by atoms with E-state index in [2.05, 4.69) is 41.5 Å². The summed E-state index contributed by atoms with van der Waals surface area (Å²) in [5, 5.41) is 9.53. The van der Waals surface area contributed by atoms with Crippen LogP contribution in [0.15, 0.2) is 59.4 Å². The molecule has 0 atom stereocenters. The van der Waals surface area contributed by atoms with Crippen molar-refractivity contribution in [1.82, 2.24) is 10.1 Å². The van der Waals surface area contributed by atoms with Gasteiger partial charge in [0.25, 0.3) is 0 Å². The second-order valence-corrected chi connectivity index (χ2v) is 6.73. The molecule has 0 saturated carbocycles. The number of amides is 2. The van der Waals surface area contributed by atoms with Crippen LogP contribution in [0.5, 0.6) is 11.5 Å². The fourth-order valence-corrected chi connectivity index (χ4v) is 2.65. The normalized spacial score (nSPS) is 11.1. The van der Waals surface area contributed by atoms with Crippen molar-refractivity contribution < 1.29 is 14.1 Å². The smallest absolute Gasteiger partial charge is 0.326 e. The third-order valence-corrected chi connectivity index (χ3v) is 4.92. The number of pyridine rings is 1. The standard InChI is InChI=1S/C21H24N4O3/c1-4-21(3,5-2)18-14-19(28-25-18)24-20(26)23-15-6-8-16(9-7-15)27-17-10-12-22-13-11-17/h6-14H,4-5H2,1-3H3,(H2,23,24,26). The molecule has 3 rings (SSSR count). The lowest BCUT2D eigenvalue weighted by molar-refractivity contribution is 0.261. The number of rotatable bonds is 7. The molecule has 7 nitrogen and oxygen atoms in total. The van der Waals surface area contributed by atoms with Crippen molar-refractivity contribution in [3.63, 3.8) is 0 Å². The highest BCUT2D eigenvalue weighted by molar-refractivity contribution is 5.98. The third kappa shape index (κ3) is 4.68. The lowest BCUT2D eigenvalue weighted by Crippen LogP contribution is -2.20. The first kappa shape index (κ1) is 19.4. The maximum atomic E-state index is 12.2. The van der Waals surface area contributed by atoms with E-state index in [0.29, 0.717) is 23.1 Å². The summed E-state index contributed by atoms with van der Waals surface area (Å²) < 4.78 is 11.0. The van der Waals surface area contributed by atoms with Crippen molar-refractivity contribution in [2.45, 2.75) is 39.0 Å². The van der Waals surface area contributed by atoms with Gasteiger partial charge in [0, 0.05) is 29.6 Å². The molecule has 0 aliphatic rings. The average Bonchev–Trinajstić information content (AvgIpc) is 3.18. The van der Waals surface area contributed by atoms with Gasteiger partial charge in [0.15, 0.2) is 0 Å². The van der Waals surface area contributed by atoms with E-state index in [4.69, 9.17) is 9.26 Å². The summed E-state index contributed by atoms with van der Waals surface area (Å²) >= 11 is 0. The molecule has 2 heterocycles. The SMILES string of the molecule is CCC(C)(CC)c1cc(NC(=O)Nc2ccc(Oc3ccncc3)cc2)on1. The maximum Gasteiger partial charge on any atom is 0.326 e. The molecular weight excluding hydrogens is 356 g/mol. The molecule has 0 aliphatic carbocycles. The topological polar surface area (TPSA) is 89.3 Å². The van der Waals surface area contributed by atoms with E-state index in [0.717, 1.165) is 18.5 Å². The third-order valence-electron chi connectivity index (χ3n) is 4.92. The maximum absolute atomic E-state index is 12.2. The van der Waals surface area contributed by atoms with Crippen LogP contribution >= 0.6 is 0 Å². The first-order chi connectivity index (χ1) is 13.5. The Labute approximate surface area is 164 Å². The molecule has 0 bridgehead atoms. The van der Waals surface area contributed by atoms with Gasteiger partial charge < -0.3 is 14.6 Å². The van der Waals surface area contributed by atoms with E-state index in [1.54, 1.807) is 54.9 Å². The Hall–Kier alpha value is -3.35. The Balaban J connectivity index is 1.57. The van der Waals surface area contributed by atoms with Crippen LogP contribution in [0, 0.1) is 0 Å². The fraction of sp³-hybridized carbons (Fsp3) is 0.286. The minimum absolute atomic E-state index is 0.0649. The first-order valence-electron chi connectivity index (χ1n) is 9.25. The molecule has 2 amide bonds. The summed E-state index contributed by atoms with van der Waals surface area (Å²) in [6, 6.07) is 12.0. The van der Waals surface area contributed by atoms with E-state index >= 15 is 0 Å². The average molecular weight is 380 g/mol. The van der Waals surface area contributed by atoms with Crippen molar-refractivity contribution >= 4 is 17.6 Å². The Morgan fingerprint density at radius 2 is 1.68 bits per heavy atom. The number of ether oxygens (including phenoxy) is 1. The van der Waals surface area contributed by atoms with Crippen LogP contribution in [0.4, 0.5) is 16.4 Å². The molecule has 7 heteroatoms. The number of nitrogens with zero attached hydrogens (tertiary/aromatic N) is 2. The van der Waals surface area contributed by atoms with Gasteiger partial charge in [0.1, 0.15) is 11.5 Å². The number of carbonyl (C=O) groups is 1. The molecular formula is C21H24N4O3. The van der Waals surface area contributed by atoms with Crippen LogP contribution in [-0.4, -0.2) is 16.2 Å². The summed E-state index contributed by atoms with van der Waals surface area (Å²) in [4.78, 5) is 16.2. The monoisotopic (exact) mass is 380 g/mol. The van der Waals surface area contributed by atoms with Crippen molar-refractivity contribution in [2.24, 2.45) is 0 Å². The summed E-state index contributed by atoms with van der Waals surface area (Å²) in [6.07, 6.45) is 5.20. The molecule has 0 fully saturated rings. The van der Waals surface area contributed by atoms with E-state index in [9.17, 15) is 4.79 Å². The van der Waals surface area contributed by atoms with E-state index in [1.807, 2.05) is 0 Å². The predicted octanol–water partition coefficient (Wildman–Crippen LogP) is 5.58. The Kier molecular flexibility index (Phi) is 5.93. The molecule has 28 heavy (non-hydrogen) atoms. The van der Waals surface area contributed by atoms with Crippen molar-refractivity contribution in [1.29, 1.82) is 0 Å². The largest absolute Gasteiger partial charge is 0.457 e. The number of nitrogens with one attached hydrogen (secondary N) is 2. The lowest BCUT2D eigenvalue weighted by atomic mass is 9.81. The Morgan fingerprint density at radius 1 is 1.04 bits per heavy atom. The number of benzene rings is 1. The highest BCUT2D eigenvalue weighted by Crippen LogP contribution is 2.31. The highest BCUT2D eigenvalue weighted by atomic mass is 16.5. The summed E-state index contributed by atoms with van der Waals surface area (Å²) in [6.45, 7) is 6.35. The number of hydrogen-bond acceptors (Lipinski definition) is 5. The van der Waals surface area contributed by atoms with Crippen LogP contribution in [0.2, 0.25) is 0 Å². The Bertz CT molecular complexity index is 903. The zero-order valence-electron chi connectivity index (χ0n) is 16.2. The first-order valence-corrected chi connectivity index (χ1v) is 9.25. The molecule has 146 valence electrons. The van der Waals surface area contributed by atoms with Crippen LogP contribution in [0.25, 0.3) is 0 Å². The second kappa shape index (κ2) is 8.56. The molecule has 0 spiro atoms. The number of urea groups is 1. The summed E-state index contributed by atoms with van der Waals surface area (Å²) in [5.41, 5.74) is 1.40. The van der Waals surface area contributed by atoms with Crippen molar-refractivity contribution in [3.8, 4) is 11.5 Å². The van der Waals surface area contributed by atoms with E-state index < -0.39 is 6.03 Å². The van der Waals surface area contributed by atoms with Crippen LogP contribution in [0.3, 0.4) is 0 Å². The van der Waals surface area contributed by atoms with Crippen molar-refractivity contribution in [2.75, 3.05) is 10.6 Å². The van der Waals surface area contributed by atoms with Gasteiger partial charge >= 0.3 is 6.03 Å². The summed E-state index contributed by atoms with van der Waals surface area (Å²) in [5.74, 6) is 1.68. The molecule has 3 aromatic rings. The van der Waals surface area contributed by atoms with Crippen LogP contribution in [-0.2, 0) is 5.41 Å². The van der Waals surface area contributed by atoms with Gasteiger partial charge in [-0.25, -0.2) is 4.79 Å². The van der Waals surface area contributed by atoms with E-state index in [-0.39, 0.29) is 5.41 Å². The number of aromatic nitrogens is 2. The quantitative estimate of drug-likeness (QED) is 0.558. The van der Waals surface area contributed by atoms with Crippen LogP contribution in [0.1, 0.15) is 39.3 Å². The molecule has 0 radical (unpaired) electrons. The second-order valence-electron chi connectivity index (χ2n) is 6.73. The van der Waals surface area contributed by atoms with Gasteiger partial charge in [-0.1, -0.05) is 25.9 Å². The van der Waals surface area contributed by atoms with Crippen molar-refractivity contribution in [3.05, 3.63) is 60.6 Å². The van der Waals surface area contributed by atoms with Crippen LogP contribution < -0.4 is 15.4 Å². The molecule has 2 N–H and O–H groups in total. The van der Waals surface area contributed by atoms with Gasteiger partial charge in [-0.2, -0.15) is 0 Å². The number of carbonyl (C=O) groups excluding carboxylic acids is 1. The van der Waals surface area contributed by atoms with Gasteiger partial charge in [0.05, 0.1) is 5.69 Å². The molecule has 1 aromatic carbocycles. The molecule has 0 unspecified atom stereocenters. The van der Waals surface area contributed by atoms with E-state index in [1.165, 1.54) is 0 Å². The van der Waals surface area contributed by atoms with Gasteiger partial charge in [-0.05, 0) is 49.2 Å². The minimum atomic E-state index is -0.403. The van der Waals surface area contributed by atoms with Gasteiger partial charge in [-0.15, -0.1) is 0 Å². The number of anilines is 2. The Morgan fingerprint density at radius 3 is 2.32 bits per heavy atom. The fourth-order valence-electron chi connectivity index (χ4n) is 2.65. The van der Waals surface area contributed by atoms with Gasteiger partial charge in [0.2, 0.25) is 5.88 Å². The molecule has 0 saturated heterocycles. The number of hydrogen-bond donors (Lipinski definition) is 2. The zero-order valence-corrected chi connectivity index (χ0v) is 16.2. The zero-order chi connectivity index (χ0) is 20.0.